The van der Waals surface area contributed by atoms with Crippen molar-refractivity contribution in [1.82, 2.24) is 4.90 Å². The summed E-state index contributed by atoms with van der Waals surface area (Å²) < 4.78 is 4.95. The van der Waals surface area contributed by atoms with E-state index in [1.807, 2.05) is 11.8 Å². The highest BCUT2D eigenvalue weighted by Gasteiger charge is 2.26. The molecule has 1 atom stereocenters. The Labute approximate surface area is 101 Å². The van der Waals surface area contributed by atoms with Gasteiger partial charge in [0.1, 0.15) is 0 Å². The molecule has 0 saturated carbocycles. The highest BCUT2D eigenvalue weighted by atomic mass is 16.5. The van der Waals surface area contributed by atoms with Crippen LogP contribution in [-0.4, -0.2) is 35.6 Å². The van der Waals surface area contributed by atoms with Gasteiger partial charge in [0.05, 0.1) is 7.11 Å². The normalized spacial score (nSPS) is 19.4. The standard InChI is InChI=1S/C13H17NO3/c1-9-4-3-7-14(9)13(16)10-5-6-12(17-2)11(15)8-10/h5-6,8-9,15H,3-4,7H2,1-2H3. The van der Waals surface area contributed by atoms with E-state index >= 15 is 0 Å². The SMILES string of the molecule is COc1ccc(C(=O)N2CCCC2C)cc1O. The predicted molar refractivity (Wildman–Crippen MR) is 64.4 cm³/mol. The van der Waals surface area contributed by atoms with Gasteiger partial charge in [0.2, 0.25) is 0 Å². The van der Waals surface area contributed by atoms with E-state index in [0.717, 1.165) is 19.4 Å². The highest BCUT2D eigenvalue weighted by molar-refractivity contribution is 5.95. The number of hydrogen-bond donors (Lipinski definition) is 1. The number of amides is 1. The van der Waals surface area contributed by atoms with Crippen molar-refractivity contribution in [3.63, 3.8) is 0 Å². The first kappa shape index (κ1) is 11.8. The van der Waals surface area contributed by atoms with Crippen LogP contribution in [-0.2, 0) is 0 Å². The topological polar surface area (TPSA) is 49.8 Å². The van der Waals surface area contributed by atoms with Gasteiger partial charge in [0.25, 0.3) is 5.91 Å². The van der Waals surface area contributed by atoms with E-state index in [0.29, 0.717) is 11.3 Å². The zero-order chi connectivity index (χ0) is 12.4. The summed E-state index contributed by atoms with van der Waals surface area (Å²) in [4.78, 5) is 14.0. The summed E-state index contributed by atoms with van der Waals surface area (Å²) in [6.07, 6.45) is 2.10. The summed E-state index contributed by atoms with van der Waals surface area (Å²) in [6.45, 7) is 2.85. The van der Waals surface area contributed by atoms with E-state index in [4.69, 9.17) is 4.74 Å². The van der Waals surface area contributed by atoms with Crippen molar-refractivity contribution in [2.24, 2.45) is 0 Å². The maximum Gasteiger partial charge on any atom is 0.254 e. The molecule has 1 unspecified atom stereocenters. The van der Waals surface area contributed by atoms with Gasteiger partial charge in [-0.1, -0.05) is 0 Å². The van der Waals surface area contributed by atoms with Crippen molar-refractivity contribution >= 4 is 5.91 Å². The number of likely N-dealkylation sites (tertiary alicyclic amines) is 1. The van der Waals surface area contributed by atoms with E-state index < -0.39 is 0 Å². The van der Waals surface area contributed by atoms with Crippen molar-refractivity contribution in [2.45, 2.75) is 25.8 Å². The third-order valence-corrected chi connectivity index (χ3v) is 3.24. The number of hydrogen-bond acceptors (Lipinski definition) is 3. The molecular formula is C13H17NO3. The smallest absolute Gasteiger partial charge is 0.254 e. The molecule has 4 nitrogen and oxygen atoms in total. The Bertz CT molecular complexity index is 431. The molecular weight excluding hydrogens is 218 g/mol. The Balaban J connectivity index is 2.22. The fourth-order valence-electron chi connectivity index (χ4n) is 2.22. The number of carbonyl (C=O) groups is 1. The van der Waals surface area contributed by atoms with Gasteiger partial charge >= 0.3 is 0 Å². The van der Waals surface area contributed by atoms with Gasteiger partial charge < -0.3 is 14.7 Å². The third kappa shape index (κ3) is 2.20. The van der Waals surface area contributed by atoms with Crippen molar-refractivity contribution in [2.75, 3.05) is 13.7 Å². The lowest BCUT2D eigenvalue weighted by Crippen LogP contribution is -2.33. The van der Waals surface area contributed by atoms with E-state index in [-0.39, 0.29) is 17.7 Å². The maximum atomic E-state index is 12.2. The van der Waals surface area contributed by atoms with Gasteiger partial charge in [-0.2, -0.15) is 0 Å². The predicted octanol–water partition coefficient (Wildman–Crippen LogP) is 2.03. The number of carbonyl (C=O) groups excluding carboxylic acids is 1. The molecule has 17 heavy (non-hydrogen) atoms. The van der Waals surface area contributed by atoms with E-state index in [9.17, 15) is 9.90 Å². The van der Waals surface area contributed by atoms with Gasteiger partial charge in [-0.05, 0) is 38.0 Å². The highest BCUT2D eigenvalue weighted by Crippen LogP contribution is 2.28. The Hall–Kier alpha value is -1.71. The lowest BCUT2D eigenvalue weighted by Gasteiger charge is -2.21. The molecule has 4 heteroatoms. The van der Waals surface area contributed by atoms with Crippen LogP contribution in [0.3, 0.4) is 0 Å². The molecule has 1 heterocycles. The molecule has 1 aliphatic rings. The summed E-state index contributed by atoms with van der Waals surface area (Å²) in [5.74, 6) is 0.370. The molecule has 1 aromatic carbocycles. The van der Waals surface area contributed by atoms with E-state index in [2.05, 4.69) is 0 Å². The van der Waals surface area contributed by atoms with Crippen molar-refractivity contribution in [3.05, 3.63) is 23.8 Å². The second-order valence-corrected chi connectivity index (χ2v) is 4.38. The first-order valence-electron chi connectivity index (χ1n) is 5.81. The van der Waals surface area contributed by atoms with E-state index in [1.165, 1.54) is 13.2 Å². The number of rotatable bonds is 2. The van der Waals surface area contributed by atoms with Crippen molar-refractivity contribution in [3.8, 4) is 11.5 Å². The molecule has 1 aromatic rings. The van der Waals surface area contributed by atoms with Crippen LogP contribution in [0.2, 0.25) is 0 Å². The molecule has 0 aromatic heterocycles. The van der Waals surface area contributed by atoms with Crippen LogP contribution in [0.1, 0.15) is 30.1 Å². The first-order valence-corrected chi connectivity index (χ1v) is 5.81. The fraction of sp³-hybridized carbons (Fsp3) is 0.462. The van der Waals surface area contributed by atoms with E-state index in [1.54, 1.807) is 12.1 Å². The van der Waals surface area contributed by atoms with Gasteiger partial charge in [0, 0.05) is 18.2 Å². The van der Waals surface area contributed by atoms with Gasteiger partial charge in [0.15, 0.2) is 11.5 Å². The summed E-state index contributed by atoms with van der Waals surface area (Å²) >= 11 is 0. The van der Waals surface area contributed by atoms with Crippen molar-refractivity contribution in [1.29, 1.82) is 0 Å². The monoisotopic (exact) mass is 235 g/mol. The molecule has 0 bridgehead atoms. The summed E-state index contributed by atoms with van der Waals surface area (Å²) in [6, 6.07) is 5.05. The summed E-state index contributed by atoms with van der Waals surface area (Å²) in [5.41, 5.74) is 0.511. The Kier molecular flexibility index (Phi) is 3.22. The average Bonchev–Trinajstić information content (AvgIpc) is 2.74. The number of methoxy groups -OCH3 is 1. The minimum atomic E-state index is -0.0204. The van der Waals surface area contributed by atoms with Gasteiger partial charge in [-0.15, -0.1) is 0 Å². The molecule has 1 amide bonds. The minimum Gasteiger partial charge on any atom is -0.504 e. The molecule has 2 rings (SSSR count). The van der Waals surface area contributed by atoms with Crippen LogP contribution in [0.5, 0.6) is 11.5 Å². The number of phenolic OH excluding ortho intramolecular Hbond substituents is 1. The largest absolute Gasteiger partial charge is 0.504 e. The summed E-state index contributed by atoms with van der Waals surface area (Å²) in [5, 5.41) is 9.65. The van der Waals surface area contributed by atoms with Crippen LogP contribution in [0, 0.1) is 0 Å². The third-order valence-electron chi connectivity index (χ3n) is 3.24. The molecule has 1 fully saturated rings. The minimum absolute atomic E-state index is 0.00481. The Morgan fingerprint density at radius 2 is 2.29 bits per heavy atom. The quantitative estimate of drug-likeness (QED) is 0.853. The van der Waals surface area contributed by atoms with Gasteiger partial charge in [-0.3, -0.25) is 4.79 Å². The van der Waals surface area contributed by atoms with Crippen molar-refractivity contribution < 1.29 is 14.6 Å². The van der Waals surface area contributed by atoms with Crippen LogP contribution in [0.15, 0.2) is 18.2 Å². The molecule has 1 N–H and O–H groups in total. The number of ether oxygens (including phenoxy) is 1. The molecule has 0 spiro atoms. The first-order chi connectivity index (χ1) is 8.13. The zero-order valence-corrected chi connectivity index (χ0v) is 10.1. The lowest BCUT2D eigenvalue weighted by molar-refractivity contribution is 0.0747. The second kappa shape index (κ2) is 4.65. The Morgan fingerprint density at radius 3 is 2.82 bits per heavy atom. The van der Waals surface area contributed by atoms with Crippen LogP contribution in [0.25, 0.3) is 0 Å². The second-order valence-electron chi connectivity index (χ2n) is 4.38. The Morgan fingerprint density at radius 1 is 1.53 bits per heavy atom. The number of aromatic hydroxyl groups is 1. The molecule has 0 radical (unpaired) electrons. The lowest BCUT2D eigenvalue weighted by atomic mass is 10.1. The summed E-state index contributed by atoms with van der Waals surface area (Å²) in [7, 11) is 1.49. The number of phenols is 1. The zero-order valence-electron chi connectivity index (χ0n) is 10.1. The number of nitrogens with zero attached hydrogens (tertiary/aromatic N) is 1. The van der Waals surface area contributed by atoms with Crippen LogP contribution in [0.4, 0.5) is 0 Å². The average molecular weight is 235 g/mol. The number of benzene rings is 1. The molecule has 1 saturated heterocycles. The molecule has 1 aliphatic heterocycles. The molecule has 0 aliphatic carbocycles. The van der Waals surface area contributed by atoms with Crippen LogP contribution >= 0.6 is 0 Å². The fourth-order valence-corrected chi connectivity index (χ4v) is 2.22. The van der Waals surface area contributed by atoms with Gasteiger partial charge in [-0.25, -0.2) is 0 Å². The van der Waals surface area contributed by atoms with Crippen LogP contribution < -0.4 is 4.74 Å². The maximum absolute atomic E-state index is 12.2. The molecule has 92 valence electrons.